The Kier molecular flexibility index (Phi) is 6.92. The summed E-state index contributed by atoms with van der Waals surface area (Å²) in [5, 5.41) is 5.69. The smallest absolute Gasteiger partial charge is 0.318 e. The van der Waals surface area contributed by atoms with E-state index in [0.29, 0.717) is 6.42 Å². The lowest BCUT2D eigenvalue weighted by atomic mass is 9.97. The Bertz CT molecular complexity index is 883. The molecule has 3 rings (SSSR count). The Morgan fingerprint density at radius 1 is 1.00 bits per heavy atom. The topological polar surface area (TPSA) is 68.3 Å². The normalized spacial score (nSPS) is 12.8. The summed E-state index contributed by atoms with van der Waals surface area (Å²) in [5.74, 6) is -1.81. The number of nitrogens with zero attached hydrogens (tertiary/aromatic N) is 1. The van der Waals surface area contributed by atoms with Gasteiger partial charge >= 0.3 is 5.97 Å². The summed E-state index contributed by atoms with van der Waals surface area (Å²) in [6.45, 7) is 0. The number of esters is 1. The number of hydrogen-bond donors (Lipinski definition) is 1. The second-order valence-corrected chi connectivity index (χ2v) is 7.31. The number of amides is 1. The summed E-state index contributed by atoms with van der Waals surface area (Å²) < 4.78 is 4.88. The average Bonchev–Trinajstić information content (AvgIpc) is 3.27. The minimum absolute atomic E-state index is 0.287. The van der Waals surface area contributed by atoms with Crippen molar-refractivity contribution in [3.63, 3.8) is 0 Å². The molecule has 0 aliphatic carbocycles. The molecule has 6 heteroatoms. The fourth-order valence-electron chi connectivity index (χ4n) is 3.00. The van der Waals surface area contributed by atoms with E-state index >= 15 is 0 Å². The minimum Gasteiger partial charge on any atom is -0.468 e. The van der Waals surface area contributed by atoms with Gasteiger partial charge in [-0.15, -0.1) is 11.3 Å². The maximum Gasteiger partial charge on any atom is 0.318 e. The highest BCUT2D eigenvalue weighted by molar-refractivity contribution is 7.09. The van der Waals surface area contributed by atoms with Gasteiger partial charge in [-0.2, -0.15) is 0 Å². The number of hydrogen-bond acceptors (Lipinski definition) is 5. The maximum atomic E-state index is 13.0. The van der Waals surface area contributed by atoms with E-state index in [-0.39, 0.29) is 18.4 Å². The van der Waals surface area contributed by atoms with E-state index in [9.17, 15) is 9.59 Å². The number of methoxy groups -OCH3 is 1. The molecule has 0 saturated carbocycles. The van der Waals surface area contributed by atoms with Gasteiger partial charge in [0.2, 0.25) is 5.91 Å². The molecule has 144 valence electrons. The first-order valence-corrected chi connectivity index (χ1v) is 9.90. The van der Waals surface area contributed by atoms with E-state index in [0.717, 1.165) is 16.1 Å². The predicted molar refractivity (Wildman–Crippen MR) is 109 cm³/mol. The molecule has 0 saturated heterocycles. The highest BCUT2D eigenvalue weighted by Crippen LogP contribution is 2.22. The molecular weight excluding hydrogens is 372 g/mol. The van der Waals surface area contributed by atoms with Crippen molar-refractivity contribution in [3.8, 4) is 0 Å². The van der Waals surface area contributed by atoms with Crippen LogP contribution in [0.25, 0.3) is 0 Å². The van der Waals surface area contributed by atoms with Gasteiger partial charge in [-0.1, -0.05) is 60.7 Å². The van der Waals surface area contributed by atoms with Crippen LogP contribution < -0.4 is 5.32 Å². The van der Waals surface area contributed by atoms with E-state index < -0.39 is 11.9 Å². The van der Waals surface area contributed by atoms with Gasteiger partial charge in [-0.3, -0.25) is 9.59 Å². The highest BCUT2D eigenvalue weighted by atomic mass is 32.1. The number of benzene rings is 2. The van der Waals surface area contributed by atoms with E-state index in [2.05, 4.69) is 10.3 Å². The second-order valence-electron chi connectivity index (χ2n) is 6.39. The van der Waals surface area contributed by atoms with E-state index in [4.69, 9.17) is 4.74 Å². The van der Waals surface area contributed by atoms with Crippen molar-refractivity contribution in [2.24, 2.45) is 5.92 Å². The fourth-order valence-corrected chi connectivity index (χ4v) is 3.69. The first-order valence-electron chi connectivity index (χ1n) is 9.03. The number of aromatic nitrogens is 1. The van der Waals surface area contributed by atoms with E-state index in [1.54, 1.807) is 6.20 Å². The third-order valence-electron chi connectivity index (χ3n) is 4.43. The molecule has 2 atom stereocenters. The molecule has 0 fully saturated rings. The lowest BCUT2D eigenvalue weighted by molar-refractivity contribution is -0.150. The molecule has 28 heavy (non-hydrogen) atoms. The van der Waals surface area contributed by atoms with Gasteiger partial charge in [0.15, 0.2) is 0 Å². The zero-order valence-corrected chi connectivity index (χ0v) is 16.4. The van der Waals surface area contributed by atoms with Crippen molar-refractivity contribution in [3.05, 3.63) is 88.4 Å². The summed E-state index contributed by atoms with van der Waals surface area (Å²) in [7, 11) is 1.30. The molecule has 0 aliphatic heterocycles. The van der Waals surface area contributed by atoms with Crippen molar-refractivity contribution in [1.82, 2.24) is 10.3 Å². The van der Waals surface area contributed by atoms with Crippen molar-refractivity contribution in [2.75, 3.05) is 7.11 Å². The van der Waals surface area contributed by atoms with E-state index in [1.165, 1.54) is 18.4 Å². The van der Waals surface area contributed by atoms with Gasteiger partial charge in [-0.05, 0) is 24.0 Å². The zero-order chi connectivity index (χ0) is 19.8. The molecule has 0 unspecified atom stereocenters. The maximum absolute atomic E-state index is 13.0. The van der Waals surface area contributed by atoms with Crippen LogP contribution in [-0.4, -0.2) is 24.0 Å². The van der Waals surface area contributed by atoms with Crippen molar-refractivity contribution in [2.45, 2.75) is 18.9 Å². The molecule has 5 nitrogen and oxygen atoms in total. The number of carbonyl (C=O) groups is 2. The lowest BCUT2D eigenvalue weighted by Crippen LogP contribution is -2.40. The lowest BCUT2D eigenvalue weighted by Gasteiger charge is -2.21. The number of rotatable bonds is 8. The summed E-state index contributed by atoms with van der Waals surface area (Å²) in [6.07, 6.45) is 2.60. The van der Waals surface area contributed by atoms with E-state index in [1.807, 2.05) is 66.0 Å². The first-order chi connectivity index (χ1) is 13.7. The third kappa shape index (κ3) is 5.27. The van der Waals surface area contributed by atoms with Crippen molar-refractivity contribution >= 4 is 23.2 Å². The number of nitrogens with one attached hydrogen (secondary N) is 1. The fraction of sp³-hybridized carbons (Fsp3) is 0.227. The van der Waals surface area contributed by atoms with Gasteiger partial charge < -0.3 is 10.1 Å². The SMILES string of the molecule is COC(=O)[C@@H](Cc1ccccc1)C(=O)N[C@@H](Cc1ccccc1)c1nccs1. The summed E-state index contributed by atoms with van der Waals surface area (Å²) in [6, 6.07) is 19.0. The van der Waals surface area contributed by atoms with Crippen LogP contribution in [0.2, 0.25) is 0 Å². The highest BCUT2D eigenvalue weighted by Gasteiger charge is 2.30. The molecule has 1 N–H and O–H groups in total. The Morgan fingerprint density at radius 3 is 2.14 bits per heavy atom. The molecular formula is C22H22N2O3S. The monoisotopic (exact) mass is 394 g/mol. The number of thiazole rings is 1. The molecule has 2 aromatic carbocycles. The third-order valence-corrected chi connectivity index (χ3v) is 5.32. The Hall–Kier alpha value is -2.99. The van der Waals surface area contributed by atoms with Gasteiger partial charge in [0.1, 0.15) is 10.9 Å². The predicted octanol–water partition coefficient (Wildman–Crippen LogP) is 3.58. The summed E-state index contributed by atoms with van der Waals surface area (Å²) in [5.41, 5.74) is 1.99. The second kappa shape index (κ2) is 9.80. The number of carbonyl (C=O) groups excluding carboxylic acids is 2. The molecule has 0 spiro atoms. The molecule has 0 radical (unpaired) electrons. The molecule has 1 heterocycles. The van der Waals surface area contributed by atoms with Gasteiger partial charge in [0.25, 0.3) is 0 Å². The van der Waals surface area contributed by atoms with Crippen LogP contribution in [0, 0.1) is 5.92 Å². The van der Waals surface area contributed by atoms with Crippen LogP contribution in [0.15, 0.2) is 72.2 Å². The van der Waals surface area contributed by atoms with Crippen LogP contribution in [0.1, 0.15) is 22.2 Å². The van der Waals surface area contributed by atoms with Crippen LogP contribution in [0.4, 0.5) is 0 Å². The van der Waals surface area contributed by atoms with Crippen LogP contribution in [-0.2, 0) is 27.2 Å². The Balaban J connectivity index is 1.78. The number of ether oxygens (including phenoxy) is 1. The van der Waals surface area contributed by atoms with Gasteiger partial charge in [-0.25, -0.2) is 4.98 Å². The Morgan fingerprint density at radius 2 is 1.61 bits per heavy atom. The minimum atomic E-state index is -0.911. The van der Waals surface area contributed by atoms with Crippen molar-refractivity contribution < 1.29 is 14.3 Å². The first kappa shape index (κ1) is 19.8. The van der Waals surface area contributed by atoms with Crippen LogP contribution >= 0.6 is 11.3 Å². The standard InChI is InChI=1S/C22H22N2O3S/c1-27-22(26)18(14-16-8-4-2-5-9-16)20(25)24-19(21-23-12-13-28-21)15-17-10-6-3-7-11-17/h2-13,18-19H,14-15H2,1H3,(H,24,25)/t18-,19-/m0/s1. The van der Waals surface area contributed by atoms with Gasteiger partial charge in [0.05, 0.1) is 13.2 Å². The van der Waals surface area contributed by atoms with Crippen molar-refractivity contribution in [1.29, 1.82) is 0 Å². The van der Waals surface area contributed by atoms with Gasteiger partial charge in [0, 0.05) is 11.6 Å². The molecule has 1 aromatic heterocycles. The molecule has 0 aliphatic rings. The molecule has 0 bridgehead atoms. The summed E-state index contributed by atoms with van der Waals surface area (Å²) in [4.78, 5) is 29.7. The average molecular weight is 394 g/mol. The zero-order valence-electron chi connectivity index (χ0n) is 15.6. The quantitative estimate of drug-likeness (QED) is 0.468. The van der Waals surface area contributed by atoms with Crippen LogP contribution in [0.5, 0.6) is 0 Å². The molecule has 1 amide bonds. The Labute approximate surface area is 168 Å². The largest absolute Gasteiger partial charge is 0.468 e. The molecule has 3 aromatic rings. The summed E-state index contributed by atoms with van der Waals surface area (Å²) >= 11 is 1.48. The van der Waals surface area contributed by atoms with Crippen LogP contribution in [0.3, 0.4) is 0 Å².